The fraction of sp³-hybridized carbons (Fsp3) is 0.438. The van der Waals surface area contributed by atoms with Crippen LogP contribution in [0.3, 0.4) is 0 Å². The lowest BCUT2D eigenvalue weighted by Crippen LogP contribution is -2.01. The third-order valence-corrected chi connectivity index (χ3v) is 4.38. The molecule has 0 aliphatic carbocycles. The van der Waals surface area contributed by atoms with Gasteiger partial charge in [0.25, 0.3) is 0 Å². The van der Waals surface area contributed by atoms with E-state index in [0.717, 1.165) is 22.9 Å². The van der Waals surface area contributed by atoms with Crippen molar-refractivity contribution in [1.29, 1.82) is 0 Å². The lowest BCUT2D eigenvalue weighted by molar-refractivity contribution is 0.0698. The van der Waals surface area contributed by atoms with E-state index in [1.165, 1.54) is 30.6 Å². The Balaban J connectivity index is 2.04. The number of carboxylic acids is 1. The highest BCUT2D eigenvalue weighted by Gasteiger charge is 2.18. The number of carboxylic acid groups (broad SMARTS) is 1. The van der Waals surface area contributed by atoms with Gasteiger partial charge in [0.05, 0.1) is 6.61 Å². The molecule has 0 atom stereocenters. The summed E-state index contributed by atoms with van der Waals surface area (Å²) in [7, 11) is 0. The average molecular weight is 292 g/mol. The van der Waals surface area contributed by atoms with Crippen molar-refractivity contribution in [3.63, 3.8) is 0 Å². The van der Waals surface area contributed by atoms with Gasteiger partial charge in [-0.3, -0.25) is 0 Å². The third kappa shape index (κ3) is 3.51. The normalized spacial score (nSPS) is 10.8. The van der Waals surface area contributed by atoms with Crippen molar-refractivity contribution in [2.24, 2.45) is 0 Å². The van der Waals surface area contributed by atoms with E-state index in [1.54, 1.807) is 0 Å². The first-order valence-corrected chi connectivity index (χ1v) is 7.93. The van der Waals surface area contributed by atoms with Gasteiger partial charge in [-0.15, -0.1) is 11.3 Å². The highest BCUT2D eigenvalue weighted by atomic mass is 32.1. The smallest absolute Gasteiger partial charge is 0.349 e. The van der Waals surface area contributed by atoms with Gasteiger partial charge in [-0.1, -0.05) is 44.7 Å². The summed E-state index contributed by atoms with van der Waals surface area (Å²) in [5, 5.41) is 10.2. The van der Waals surface area contributed by atoms with E-state index < -0.39 is 5.97 Å². The zero-order valence-corrected chi connectivity index (χ0v) is 12.5. The van der Waals surface area contributed by atoms with Crippen LogP contribution in [-0.4, -0.2) is 17.7 Å². The number of benzene rings is 1. The van der Waals surface area contributed by atoms with Gasteiger partial charge in [0, 0.05) is 10.1 Å². The molecule has 1 aromatic heterocycles. The average Bonchev–Trinajstić information content (AvgIpc) is 2.82. The summed E-state index contributed by atoms with van der Waals surface area (Å²) in [6, 6.07) is 7.68. The van der Waals surface area contributed by atoms with Crippen LogP contribution in [0.5, 0.6) is 5.75 Å². The highest BCUT2D eigenvalue weighted by Crippen LogP contribution is 2.37. The lowest BCUT2D eigenvalue weighted by Gasteiger charge is -2.06. The van der Waals surface area contributed by atoms with Crippen molar-refractivity contribution >= 4 is 27.4 Å². The van der Waals surface area contributed by atoms with Gasteiger partial charge in [0.1, 0.15) is 0 Å². The SMILES string of the molecule is CCCCCCCOc1c(C(=O)O)sc2ccccc12. The zero-order chi connectivity index (χ0) is 14.4. The Bertz CT molecular complexity index is 574. The molecule has 2 rings (SSSR count). The topological polar surface area (TPSA) is 46.5 Å². The minimum atomic E-state index is -0.910. The molecule has 0 radical (unpaired) electrons. The molecule has 1 heterocycles. The monoisotopic (exact) mass is 292 g/mol. The maximum atomic E-state index is 11.3. The lowest BCUT2D eigenvalue weighted by atomic mass is 10.2. The minimum Gasteiger partial charge on any atom is -0.491 e. The van der Waals surface area contributed by atoms with Crippen molar-refractivity contribution in [2.45, 2.75) is 39.0 Å². The Hall–Kier alpha value is -1.55. The largest absolute Gasteiger partial charge is 0.491 e. The number of hydrogen-bond acceptors (Lipinski definition) is 3. The van der Waals surface area contributed by atoms with Gasteiger partial charge < -0.3 is 9.84 Å². The van der Waals surface area contributed by atoms with Crippen LogP contribution in [0.25, 0.3) is 10.1 Å². The van der Waals surface area contributed by atoms with Crippen molar-refractivity contribution in [3.05, 3.63) is 29.1 Å². The Labute approximate surface area is 123 Å². The fourth-order valence-corrected chi connectivity index (χ4v) is 3.17. The van der Waals surface area contributed by atoms with Crippen LogP contribution in [0.15, 0.2) is 24.3 Å². The Kier molecular flexibility index (Phi) is 5.41. The highest BCUT2D eigenvalue weighted by molar-refractivity contribution is 7.21. The van der Waals surface area contributed by atoms with E-state index in [-0.39, 0.29) is 0 Å². The van der Waals surface area contributed by atoms with Crippen molar-refractivity contribution in [1.82, 2.24) is 0 Å². The number of unbranched alkanes of at least 4 members (excludes halogenated alkanes) is 4. The second-order valence-electron chi connectivity index (χ2n) is 4.82. The van der Waals surface area contributed by atoms with Crippen LogP contribution in [0.2, 0.25) is 0 Å². The number of fused-ring (bicyclic) bond motifs is 1. The molecule has 0 aliphatic heterocycles. The summed E-state index contributed by atoms with van der Waals surface area (Å²) < 4.78 is 6.73. The number of rotatable bonds is 8. The molecule has 0 bridgehead atoms. The van der Waals surface area contributed by atoms with E-state index in [9.17, 15) is 9.90 Å². The summed E-state index contributed by atoms with van der Waals surface area (Å²) in [4.78, 5) is 11.6. The maximum Gasteiger partial charge on any atom is 0.349 e. The van der Waals surface area contributed by atoms with Crippen LogP contribution in [0.4, 0.5) is 0 Å². The number of ether oxygens (including phenoxy) is 1. The molecule has 0 saturated carbocycles. The summed E-state index contributed by atoms with van der Waals surface area (Å²) in [5.74, 6) is -0.374. The van der Waals surface area contributed by atoms with E-state index in [1.807, 2.05) is 24.3 Å². The maximum absolute atomic E-state index is 11.3. The first-order valence-electron chi connectivity index (χ1n) is 7.11. The molecular formula is C16H20O3S. The predicted octanol–water partition coefficient (Wildman–Crippen LogP) is 4.95. The van der Waals surface area contributed by atoms with E-state index in [0.29, 0.717) is 17.2 Å². The van der Waals surface area contributed by atoms with Crippen molar-refractivity contribution in [2.75, 3.05) is 6.61 Å². The van der Waals surface area contributed by atoms with E-state index in [4.69, 9.17) is 4.74 Å². The van der Waals surface area contributed by atoms with Gasteiger partial charge in [-0.2, -0.15) is 0 Å². The molecule has 1 N–H and O–H groups in total. The van der Waals surface area contributed by atoms with Crippen molar-refractivity contribution < 1.29 is 14.6 Å². The van der Waals surface area contributed by atoms with Gasteiger partial charge in [-0.25, -0.2) is 4.79 Å². The number of aromatic carboxylic acids is 1. The van der Waals surface area contributed by atoms with Gasteiger partial charge >= 0.3 is 5.97 Å². The third-order valence-electron chi connectivity index (χ3n) is 3.24. The summed E-state index contributed by atoms with van der Waals surface area (Å²) in [5.41, 5.74) is 0. The second-order valence-corrected chi connectivity index (χ2v) is 5.88. The van der Waals surface area contributed by atoms with E-state index >= 15 is 0 Å². The standard InChI is InChI=1S/C16H20O3S/c1-2-3-4-5-8-11-19-14-12-9-6-7-10-13(12)20-15(14)16(17)18/h6-7,9-10H,2-5,8,11H2,1H3,(H,17,18). The van der Waals surface area contributed by atoms with Crippen LogP contribution >= 0.6 is 11.3 Å². The Morgan fingerprint density at radius 2 is 1.95 bits per heavy atom. The molecule has 20 heavy (non-hydrogen) atoms. The molecule has 3 nitrogen and oxygen atoms in total. The Morgan fingerprint density at radius 1 is 1.20 bits per heavy atom. The molecule has 4 heteroatoms. The first kappa shape index (κ1) is 14.9. The summed E-state index contributed by atoms with van der Waals surface area (Å²) >= 11 is 1.28. The second kappa shape index (κ2) is 7.29. The summed E-state index contributed by atoms with van der Waals surface area (Å²) in [6.45, 7) is 2.78. The molecule has 108 valence electrons. The molecular weight excluding hydrogens is 272 g/mol. The quantitative estimate of drug-likeness (QED) is 0.700. The molecule has 0 aliphatic rings. The molecule has 0 unspecified atom stereocenters. The predicted molar refractivity (Wildman–Crippen MR) is 83.0 cm³/mol. The van der Waals surface area contributed by atoms with Crippen LogP contribution in [0, 0.1) is 0 Å². The number of carbonyl (C=O) groups is 1. The number of thiophene rings is 1. The van der Waals surface area contributed by atoms with Crippen molar-refractivity contribution in [3.8, 4) is 5.75 Å². The van der Waals surface area contributed by atoms with E-state index in [2.05, 4.69) is 6.92 Å². The van der Waals surface area contributed by atoms with Gasteiger partial charge in [0.15, 0.2) is 10.6 Å². The molecule has 1 aromatic carbocycles. The van der Waals surface area contributed by atoms with Gasteiger partial charge in [0.2, 0.25) is 0 Å². The van der Waals surface area contributed by atoms with Crippen LogP contribution < -0.4 is 4.74 Å². The van der Waals surface area contributed by atoms with Crippen LogP contribution in [0.1, 0.15) is 48.7 Å². The zero-order valence-electron chi connectivity index (χ0n) is 11.7. The first-order chi connectivity index (χ1) is 9.74. The molecule has 0 spiro atoms. The molecule has 0 amide bonds. The molecule has 0 saturated heterocycles. The fourth-order valence-electron chi connectivity index (χ4n) is 2.19. The van der Waals surface area contributed by atoms with Crippen LogP contribution in [-0.2, 0) is 0 Å². The molecule has 0 fully saturated rings. The van der Waals surface area contributed by atoms with Gasteiger partial charge in [-0.05, 0) is 18.6 Å². The Morgan fingerprint density at radius 3 is 2.70 bits per heavy atom. The number of hydrogen-bond donors (Lipinski definition) is 1. The minimum absolute atomic E-state index is 0.305. The molecule has 2 aromatic rings. The summed E-state index contributed by atoms with van der Waals surface area (Å²) in [6.07, 6.45) is 5.80.